The standard InChI is InChI=1S/C10H20N2O2/c13-10(5-11-9-7-14-8-9)6-12-3-1-2-4-12/h9-11,13H,1-8H2. The molecule has 4 nitrogen and oxygen atoms in total. The van der Waals surface area contributed by atoms with Crippen molar-refractivity contribution < 1.29 is 9.84 Å². The lowest BCUT2D eigenvalue weighted by atomic mass is 10.2. The molecule has 2 N–H and O–H groups in total. The molecule has 0 aromatic carbocycles. The molecule has 2 heterocycles. The minimum Gasteiger partial charge on any atom is -0.390 e. The monoisotopic (exact) mass is 200 g/mol. The molecule has 0 aliphatic carbocycles. The zero-order chi connectivity index (χ0) is 9.80. The maximum absolute atomic E-state index is 9.73. The highest BCUT2D eigenvalue weighted by Crippen LogP contribution is 2.07. The first-order valence-electron chi connectivity index (χ1n) is 5.56. The third kappa shape index (κ3) is 2.92. The molecule has 0 saturated carbocycles. The lowest BCUT2D eigenvalue weighted by molar-refractivity contribution is -0.0109. The summed E-state index contributed by atoms with van der Waals surface area (Å²) in [4.78, 5) is 2.34. The first-order valence-corrected chi connectivity index (χ1v) is 5.56. The van der Waals surface area contributed by atoms with Crippen LogP contribution >= 0.6 is 0 Å². The number of hydrogen-bond donors (Lipinski definition) is 2. The van der Waals surface area contributed by atoms with Crippen LogP contribution in [0.3, 0.4) is 0 Å². The third-order valence-electron chi connectivity index (χ3n) is 2.95. The lowest BCUT2D eigenvalue weighted by Crippen LogP contribution is -2.49. The van der Waals surface area contributed by atoms with Gasteiger partial charge in [0.1, 0.15) is 0 Å². The Bertz CT molecular complexity index is 168. The normalized spacial score (nSPS) is 26.4. The summed E-state index contributed by atoms with van der Waals surface area (Å²) < 4.78 is 5.05. The van der Waals surface area contributed by atoms with Crippen LogP contribution in [0, 0.1) is 0 Å². The van der Waals surface area contributed by atoms with Gasteiger partial charge in [0.05, 0.1) is 25.4 Å². The Kier molecular flexibility index (Phi) is 3.75. The van der Waals surface area contributed by atoms with Gasteiger partial charge < -0.3 is 20.1 Å². The van der Waals surface area contributed by atoms with Crippen LogP contribution in [0.2, 0.25) is 0 Å². The average molecular weight is 200 g/mol. The Morgan fingerprint density at radius 3 is 2.64 bits per heavy atom. The summed E-state index contributed by atoms with van der Waals surface area (Å²) in [6.07, 6.45) is 2.35. The second kappa shape index (κ2) is 5.07. The number of rotatable bonds is 5. The SMILES string of the molecule is OC(CNC1COC1)CN1CCCC1. The number of likely N-dealkylation sites (tertiary alicyclic amines) is 1. The van der Waals surface area contributed by atoms with Crippen LogP contribution < -0.4 is 5.32 Å². The number of ether oxygens (including phenoxy) is 1. The molecule has 14 heavy (non-hydrogen) atoms. The van der Waals surface area contributed by atoms with Gasteiger partial charge in [0, 0.05) is 13.1 Å². The fraction of sp³-hybridized carbons (Fsp3) is 1.00. The molecule has 0 bridgehead atoms. The van der Waals surface area contributed by atoms with E-state index in [1.807, 2.05) is 0 Å². The Morgan fingerprint density at radius 1 is 1.36 bits per heavy atom. The van der Waals surface area contributed by atoms with Crippen molar-refractivity contribution in [2.75, 3.05) is 39.4 Å². The van der Waals surface area contributed by atoms with Gasteiger partial charge in [-0.25, -0.2) is 0 Å². The van der Waals surface area contributed by atoms with Gasteiger partial charge in [-0.1, -0.05) is 0 Å². The van der Waals surface area contributed by atoms with Gasteiger partial charge in [0.15, 0.2) is 0 Å². The molecule has 2 saturated heterocycles. The van der Waals surface area contributed by atoms with E-state index < -0.39 is 0 Å². The van der Waals surface area contributed by atoms with E-state index >= 15 is 0 Å². The Morgan fingerprint density at radius 2 is 2.07 bits per heavy atom. The first-order chi connectivity index (χ1) is 6.84. The molecule has 4 heteroatoms. The van der Waals surface area contributed by atoms with Crippen molar-refractivity contribution in [1.29, 1.82) is 0 Å². The quantitative estimate of drug-likeness (QED) is 0.624. The number of aliphatic hydroxyl groups is 1. The van der Waals surface area contributed by atoms with Crippen LogP contribution in [0.15, 0.2) is 0 Å². The van der Waals surface area contributed by atoms with Crippen molar-refractivity contribution in [2.45, 2.75) is 25.0 Å². The van der Waals surface area contributed by atoms with Gasteiger partial charge in [-0.3, -0.25) is 0 Å². The largest absolute Gasteiger partial charge is 0.390 e. The zero-order valence-electron chi connectivity index (χ0n) is 8.61. The first kappa shape index (κ1) is 10.4. The number of hydrogen-bond acceptors (Lipinski definition) is 4. The molecule has 0 aromatic rings. The van der Waals surface area contributed by atoms with Crippen molar-refractivity contribution >= 4 is 0 Å². The predicted octanol–water partition coefficient (Wildman–Crippen LogP) is -0.568. The molecule has 0 aromatic heterocycles. The summed E-state index contributed by atoms with van der Waals surface area (Å²) in [5.74, 6) is 0. The van der Waals surface area contributed by atoms with E-state index in [0.29, 0.717) is 12.6 Å². The van der Waals surface area contributed by atoms with Crippen molar-refractivity contribution in [3.63, 3.8) is 0 Å². The topological polar surface area (TPSA) is 44.7 Å². The van der Waals surface area contributed by atoms with Crippen molar-refractivity contribution in [2.24, 2.45) is 0 Å². The van der Waals surface area contributed by atoms with Crippen LogP contribution in [0.25, 0.3) is 0 Å². The summed E-state index contributed by atoms with van der Waals surface area (Å²) >= 11 is 0. The number of β-amino-alcohol motifs (C(OH)–C–C–N with tert-alkyl or cyclic N) is 1. The van der Waals surface area contributed by atoms with Gasteiger partial charge in [-0.15, -0.1) is 0 Å². The molecule has 0 radical (unpaired) electrons. The van der Waals surface area contributed by atoms with Crippen LogP contribution in [-0.4, -0.2) is 61.5 Å². The Hall–Kier alpha value is -0.160. The van der Waals surface area contributed by atoms with E-state index in [9.17, 15) is 5.11 Å². The van der Waals surface area contributed by atoms with Gasteiger partial charge in [-0.05, 0) is 25.9 Å². The summed E-state index contributed by atoms with van der Waals surface area (Å²) in [6.45, 7) is 5.44. The van der Waals surface area contributed by atoms with Gasteiger partial charge in [0.2, 0.25) is 0 Å². The average Bonchev–Trinajstić information content (AvgIpc) is 2.54. The highest BCUT2D eigenvalue weighted by atomic mass is 16.5. The van der Waals surface area contributed by atoms with E-state index in [1.54, 1.807) is 0 Å². The maximum Gasteiger partial charge on any atom is 0.0791 e. The highest BCUT2D eigenvalue weighted by molar-refractivity contribution is 4.77. The van der Waals surface area contributed by atoms with Crippen molar-refractivity contribution in [3.05, 3.63) is 0 Å². The van der Waals surface area contributed by atoms with E-state index in [2.05, 4.69) is 10.2 Å². The zero-order valence-corrected chi connectivity index (χ0v) is 8.61. The van der Waals surface area contributed by atoms with Gasteiger partial charge in [-0.2, -0.15) is 0 Å². The summed E-state index contributed by atoms with van der Waals surface area (Å²) in [5, 5.41) is 13.0. The fourth-order valence-electron chi connectivity index (χ4n) is 1.98. The van der Waals surface area contributed by atoms with E-state index in [1.165, 1.54) is 12.8 Å². The summed E-state index contributed by atoms with van der Waals surface area (Å²) in [5.41, 5.74) is 0. The molecule has 0 amide bonds. The van der Waals surface area contributed by atoms with Crippen LogP contribution in [0.4, 0.5) is 0 Å². The lowest BCUT2D eigenvalue weighted by Gasteiger charge is -2.28. The van der Waals surface area contributed by atoms with E-state index in [0.717, 1.165) is 32.8 Å². The molecule has 2 aliphatic heterocycles. The van der Waals surface area contributed by atoms with Crippen molar-refractivity contribution in [1.82, 2.24) is 10.2 Å². The molecular weight excluding hydrogens is 180 g/mol. The molecule has 1 unspecified atom stereocenters. The molecule has 2 aliphatic rings. The molecule has 2 fully saturated rings. The van der Waals surface area contributed by atoms with E-state index in [4.69, 9.17) is 4.74 Å². The minimum absolute atomic E-state index is 0.228. The number of aliphatic hydroxyl groups excluding tert-OH is 1. The van der Waals surface area contributed by atoms with Crippen molar-refractivity contribution in [3.8, 4) is 0 Å². The molecular formula is C10H20N2O2. The number of nitrogens with one attached hydrogen (secondary N) is 1. The molecule has 82 valence electrons. The predicted molar refractivity (Wildman–Crippen MR) is 54.3 cm³/mol. The minimum atomic E-state index is -0.228. The molecule has 1 atom stereocenters. The fourth-order valence-corrected chi connectivity index (χ4v) is 1.98. The summed E-state index contributed by atoms with van der Waals surface area (Å²) in [6, 6.07) is 0.475. The Balaban J connectivity index is 1.55. The van der Waals surface area contributed by atoms with E-state index in [-0.39, 0.29) is 6.10 Å². The maximum atomic E-state index is 9.73. The van der Waals surface area contributed by atoms with Crippen LogP contribution in [0.5, 0.6) is 0 Å². The third-order valence-corrected chi connectivity index (χ3v) is 2.95. The second-order valence-corrected chi connectivity index (χ2v) is 4.30. The number of nitrogens with zero attached hydrogens (tertiary/aromatic N) is 1. The Labute approximate surface area is 85.2 Å². The highest BCUT2D eigenvalue weighted by Gasteiger charge is 2.20. The second-order valence-electron chi connectivity index (χ2n) is 4.30. The van der Waals surface area contributed by atoms with Crippen LogP contribution in [-0.2, 0) is 4.74 Å². The van der Waals surface area contributed by atoms with Gasteiger partial charge in [0.25, 0.3) is 0 Å². The molecule has 2 rings (SSSR count). The summed E-state index contributed by atoms with van der Waals surface area (Å²) in [7, 11) is 0. The smallest absolute Gasteiger partial charge is 0.0791 e. The van der Waals surface area contributed by atoms with Gasteiger partial charge >= 0.3 is 0 Å². The molecule has 0 spiro atoms. The van der Waals surface area contributed by atoms with Crippen LogP contribution in [0.1, 0.15) is 12.8 Å².